The fourth-order valence-corrected chi connectivity index (χ4v) is 9.61. The second-order valence-corrected chi connectivity index (χ2v) is 18.4. The Bertz CT molecular complexity index is 2160. The van der Waals surface area contributed by atoms with E-state index in [4.69, 9.17) is 61.7 Å². The topological polar surface area (TPSA) is 247 Å². The van der Waals surface area contributed by atoms with E-state index in [-0.39, 0.29) is 46.5 Å². The lowest BCUT2D eigenvalue weighted by Crippen LogP contribution is -2.37. The summed E-state index contributed by atoms with van der Waals surface area (Å²) in [5.74, 6) is -0.116. The van der Waals surface area contributed by atoms with Crippen molar-refractivity contribution in [3.63, 3.8) is 0 Å². The van der Waals surface area contributed by atoms with Gasteiger partial charge < -0.3 is 38.8 Å². The Morgan fingerprint density at radius 3 is 2.00 bits per heavy atom. The number of ether oxygens (including phenoxy) is 3. The van der Waals surface area contributed by atoms with Crippen molar-refractivity contribution in [1.82, 2.24) is 39.0 Å². The van der Waals surface area contributed by atoms with Crippen molar-refractivity contribution in [2.24, 2.45) is 5.92 Å². The van der Waals surface area contributed by atoms with Crippen molar-refractivity contribution in [3.05, 3.63) is 25.3 Å². The molecule has 7 heterocycles. The molecule has 20 nitrogen and oxygen atoms in total. The second kappa shape index (κ2) is 14.8. The van der Waals surface area contributed by atoms with Gasteiger partial charge in [-0.3, -0.25) is 23.5 Å². The minimum atomic E-state index is -4.33. The molecule has 8 rings (SSSR count). The van der Waals surface area contributed by atoms with E-state index in [1.54, 1.807) is 0 Å². The number of nitrogen functional groups attached to an aromatic ring is 1. The zero-order chi connectivity index (χ0) is 37.9. The van der Waals surface area contributed by atoms with E-state index in [9.17, 15) is 19.0 Å². The van der Waals surface area contributed by atoms with Gasteiger partial charge >= 0.3 is 19.5 Å². The predicted molar refractivity (Wildman–Crippen MR) is 185 cm³/mol. The molecule has 0 aromatic carbocycles. The average molecular weight is 839 g/mol. The van der Waals surface area contributed by atoms with Crippen molar-refractivity contribution in [2.45, 2.75) is 74.6 Å². The normalized spacial score (nSPS) is 37.4. The largest absolute Gasteiger partial charge is 0.449 e. The van der Waals surface area contributed by atoms with Crippen LogP contribution in [0.1, 0.15) is 31.7 Å². The number of nitrogens with one attached hydrogen (secondary N) is 1. The number of carbonyl (C=O) groups is 1. The van der Waals surface area contributed by atoms with Crippen LogP contribution >= 0.6 is 13.4 Å². The SMILES string of the molecule is Nc1ncnc2c1ncn2[C@@H]1O[C@@H]2COP(O)(=S)O[C@H]3[C@@H](F)[C@H](n4cnc5c(NC(=O)OC[C@H]6CC[C@@H](F)C6)ncnc54)O[C@@H]3COP(O)(=S)O[C@H]2[C@H]1F. The first-order chi connectivity index (χ1) is 25.8. The summed E-state index contributed by atoms with van der Waals surface area (Å²) < 4.78 is 87.8. The van der Waals surface area contributed by atoms with Gasteiger partial charge in [-0.25, -0.2) is 47.9 Å². The van der Waals surface area contributed by atoms with Gasteiger partial charge in [0.2, 0.25) is 0 Å². The highest BCUT2D eigenvalue weighted by Crippen LogP contribution is 2.54. The minimum Gasteiger partial charge on any atom is -0.449 e. The van der Waals surface area contributed by atoms with E-state index in [0.29, 0.717) is 19.3 Å². The number of nitrogens with two attached hydrogens (primary N) is 1. The van der Waals surface area contributed by atoms with Crippen LogP contribution in [0.15, 0.2) is 25.3 Å². The summed E-state index contributed by atoms with van der Waals surface area (Å²) in [4.78, 5) is 59.1. The Balaban J connectivity index is 0.995. The first-order valence-corrected chi connectivity index (χ1v) is 21.5. The summed E-state index contributed by atoms with van der Waals surface area (Å²) in [5.41, 5.74) is 6.24. The van der Waals surface area contributed by atoms with E-state index in [2.05, 4.69) is 35.2 Å². The van der Waals surface area contributed by atoms with Crippen LogP contribution in [-0.4, -0.2) is 118 Å². The number of rotatable bonds is 5. The van der Waals surface area contributed by atoms with E-state index >= 15 is 8.78 Å². The number of carbonyl (C=O) groups excluding carboxylic acids is 1. The number of alkyl halides is 3. The highest BCUT2D eigenvalue weighted by Gasteiger charge is 2.53. The van der Waals surface area contributed by atoms with Gasteiger partial charge in [0.05, 0.1) is 32.5 Å². The van der Waals surface area contributed by atoms with Crippen LogP contribution in [0, 0.1) is 5.92 Å². The quantitative estimate of drug-likeness (QED) is 0.211. The summed E-state index contributed by atoms with van der Waals surface area (Å²) >= 11 is 10.4. The van der Waals surface area contributed by atoms with Gasteiger partial charge in [-0.05, 0) is 48.8 Å². The fraction of sp³-hybridized carbons (Fsp3) is 0.593. The van der Waals surface area contributed by atoms with Gasteiger partial charge in [0.25, 0.3) is 0 Å². The lowest BCUT2D eigenvalue weighted by atomic mass is 10.1. The monoisotopic (exact) mass is 838 g/mol. The van der Waals surface area contributed by atoms with Crippen molar-refractivity contribution >= 4 is 77.1 Å². The maximum absolute atomic E-state index is 16.4. The smallest absolute Gasteiger partial charge is 0.412 e. The third kappa shape index (κ3) is 7.44. The van der Waals surface area contributed by atoms with Crippen LogP contribution in [-0.2, 0) is 55.9 Å². The Labute approximate surface area is 312 Å². The predicted octanol–water partition coefficient (Wildman–Crippen LogP) is 2.66. The molecule has 292 valence electrons. The van der Waals surface area contributed by atoms with Crippen LogP contribution in [0.25, 0.3) is 22.3 Å². The van der Waals surface area contributed by atoms with Gasteiger partial charge in [0, 0.05) is 0 Å². The molecule has 54 heavy (non-hydrogen) atoms. The summed E-state index contributed by atoms with van der Waals surface area (Å²) in [6, 6.07) is 0. The van der Waals surface area contributed by atoms with Gasteiger partial charge in [0.15, 0.2) is 53.2 Å². The first kappa shape index (κ1) is 37.8. The molecular formula is C27H31F3N10O10P2S2. The molecule has 27 heteroatoms. The molecule has 4 aliphatic rings. The van der Waals surface area contributed by atoms with Gasteiger partial charge in [0.1, 0.15) is 48.8 Å². The number of fused-ring (bicyclic) bond motifs is 4. The van der Waals surface area contributed by atoms with Crippen LogP contribution in [0.3, 0.4) is 0 Å². The number of hydrogen-bond donors (Lipinski definition) is 4. The Kier molecular flexibility index (Phi) is 10.4. The van der Waals surface area contributed by atoms with E-state index in [1.807, 2.05) is 0 Å². The molecule has 1 aliphatic carbocycles. The number of nitrogens with zero attached hydrogens (tertiary/aromatic N) is 8. The molecule has 4 aromatic heterocycles. The molecule has 4 aromatic rings. The van der Waals surface area contributed by atoms with Crippen molar-refractivity contribution < 1.29 is 60.1 Å². The molecule has 5 N–H and O–H groups in total. The molecule has 1 amide bonds. The fourth-order valence-electron chi connectivity index (χ4n) is 6.74. The van der Waals surface area contributed by atoms with Crippen molar-refractivity contribution in [2.75, 3.05) is 30.9 Å². The van der Waals surface area contributed by atoms with Gasteiger partial charge in [-0.2, -0.15) is 0 Å². The van der Waals surface area contributed by atoms with Gasteiger partial charge in [-0.15, -0.1) is 0 Å². The number of hydrogen-bond acceptors (Lipinski definition) is 17. The molecule has 3 aliphatic heterocycles. The highest BCUT2D eigenvalue weighted by atomic mass is 32.5. The van der Waals surface area contributed by atoms with Crippen LogP contribution in [0.4, 0.5) is 29.6 Å². The molecular weight excluding hydrogens is 807 g/mol. The maximum atomic E-state index is 16.4. The second-order valence-electron chi connectivity index (χ2n) is 12.8. The number of anilines is 2. The number of halogens is 3. The molecule has 12 atom stereocenters. The summed E-state index contributed by atoms with van der Waals surface area (Å²) in [5, 5.41) is 2.47. The summed E-state index contributed by atoms with van der Waals surface area (Å²) in [7, 11) is 0. The average Bonchev–Trinajstić information content (AvgIpc) is 3.95. The zero-order valence-electron chi connectivity index (χ0n) is 27.5. The van der Waals surface area contributed by atoms with E-state index < -0.39 is 88.1 Å². The number of imidazole rings is 2. The first-order valence-electron chi connectivity index (χ1n) is 16.4. The molecule has 0 spiro atoms. The van der Waals surface area contributed by atoms with Crippen LogP contribution < -0.4 is 11.1 Å². The molecule has 3 saturated heterocycles. The minimum absolute atomic E-state index is 0.0193. The third-order valence-electron chi connectivity index (χ3n) is 9.29. The van der Waals surface area contributed by atoms with Crippen molar-refractivity contribution in [3.8, 4) is 0 Å². The zero-order valence-corrected chi connectivity index (χ0v) is 30.9. The van der Waals surface area contributed by atoms with Crippen molar-refractivity contribution in [1.29, 1.82) is 0 Å². The highest BCUT2D eigenvalue weighted by molar-refractivity contribution is 8.07. The lowest BCUT2D eigenvalue weighted by molar-refractivity contribution is -0.0583. The summed E-state index contributed by atoms with van der Waals surface area (Å²) in [6.07, 6.45) is -8.99. The lowest BCUT2D eigenvalue weighted by Gasteiger charge is -2.29. The molecule has 0 radical (unpaired) electrons. The van der Waals surface area contributed by atoms with Gasteiger partial charge in [-0.1, -0.05) is 0 Å². The van der Waals surface area contributed by atoms with Crippen LogP contribution in [0.2, 0.25) is 0 Å². The number of amides is 1. The Morgan fingerprint density at radius 2 is 1.43 bits per heavy atom. The molecule has 1 saturated carbocycles. The third-order valence-corrected chi connectivity index (χ3v) is 12.4. The molecule has 0 bridgehead atoms. The number of aromatic nitrogens is 8. The van der Waals surface area contributed by atoms with E-state index in [0.717, 1.165) is 12.7 Å². The maximum Gasteiger partial charge on any atom is 0.412 e. The summed E-state index contributed by atoms with van der Waals surface area (Å²) in [6.45, 7) is -9.96. The standard InChI is InChI=1S/C27H31F3N10O10P2S2/c28-12-2-1-11(3-12)4-44-27(41)38-22-18-24(35-8-33-22)40(10-37-18)26-16(30)20-14(48-26)6-46-51(42,53)49-19-13(5-45-52(43,54)50-20)47-25(15(19)29)39-9-36-17-21(31)32-7-34-23(17)39/h7-16,19-20,25-26H,1-6H2,(H,42,53)(H,43,54)(H2,31,32,34)(H,33,35,38,41)/t11-,12+,13+,14+,15+,16+,19+,20+,25+,26+,51?,52?/m0/s1. The Morgan fingerprint density at radius 1 is 0.870 bits per heavy atom. The van der Waals surface area contributed by atoms with E-state index in [1.165, 1.54) is 21.8 Å². The Hall–Kier alpha value is -3.06. The molecule has 2 unspecified atom stereocenters. The molecule has 4 fully saturated rings. The van der Waals surface area contributed by atoms with Crippen LogP contribution in [0.5, 0.6) is 0 Å².